The van der Waals surface area contributed by atoms with Crippen molar-refractivity contribution in [3.8, 4) is 0 Å². The van der Waals surface area contributed by atoms with E-state index in [1.165, 1.54) is 49.8 Å². The maximum absolute atomic E-state index is 4.39. The van der Waals surface area contributed by atoms with Gasteiger partial charge in [-0.05, 0) is 62.2 Å². The summed E-state index contributed by atoms with van der Waals surface area (Å²) in [4.78, 5) is 0. The molecule has 2 atom stereocenters. The summed E-state index contributed by atoms with van der Waals surface area (Å²) < 4.78 is 1.99. The zero-order valence-corrected chi connectivity index (χ0v) is 14.0. The average molecular weight is 287 g/mol. The molecule has 1 aromatic heterocycles. The van der Waals surface area contributed by atoms with Crippen molar-refractivity contribution in [3.63, 3.8) is 0 Å². The Morgan fingerprint density at radius 2 is 1.86 bits per heavy atom. The third-order valence-electron chi connectivity index (χ3n) is 6.62. The summed E-state index contributed by atoms with van der Waals surface area (Å²) in [7, 11) is 2.03. The van der Waals surface area contributed by atoms with Crippen LogP contribution in [0.5, 0.6) is 0 Å². The molecule has 0 aromatic carbocycles. The normalized spacial score (nSPS) is 44.5. The molecule has 0 spiro atoms. The van der Waals surface area contributed by atoms with Crippen LogP contribution in [0.3, 0.4) is 0 Å². The minimum absolute atomic E-state index is 0.394. The molecule has 3 nitrogen and oxygen atoms in total. The maximum atomic E-state index is 4.39. The highest BCUT2D eigenvalue weighted by Crippen LogP contribution is 2.66. The zero-order valence-electron chi connectivity index (χ0n) is 14.0. The van der Waals surface area contributed by atoms with Gasteiger partial charge in [0.1, 0.15) is 0 Å². The lowest BCUT2D eigenvalue weighted by Gasteiger charge is -2.65. The van der Waals surface area contributed by atoms with E-state index in [2.05, 4.69) is 31.2 Å². The van der Waals surface area contributed by atoms with E-state index in [1.54, 1.807) is 0 Å². The van der Waals surface area contributed by atoms with Gasteiger partial charge in [0.05, 0.1) is 6.20 Å². The third-order valence-corrected chi connectivity index (χ3v) is 6.62. The molecule has 5 rings (SSSR count). The van der Waals surface area contributed by atoms with Crippen LogP contribution in [0.25, 0.3) is 0 Å². The molecule has 0 aliphatic heterocycles. The summed E-state index contributed by atoms with van der Waals surface area (Å²) in [6.45, 7) is 8.24. The van der Waals surface area contributed by atoms with Gasteiger partial charge >= 0.3 is 0 Å². The van der Waals surface area contributed by atoms with E-state index in [0.29, 0.717) is 16.4 Å². The molecular weight excluding hydrogens is 258 g/mol. The minimum atomic E-state index is 0.394. The Balaban J connectivity index is 1.56. The lowest BCUT2D eigenvalue weighted by molar-refractivity contribution is -0.118. The molecule has 116 valence electrons. The molecule has 4 aliphatic carbocycles. The second kappa shape index (κ2) is 4.13. The summed E-state index contributed by atoms with van der Waals surface area (Å²) in [6.07, 6.45) is 10.6. The Kier molecular flexibility index (Phi) is 2.71. The predicted octanol–water partition coefficient (Wildman–Crippen LogP) is 3.57. The first-order valence-electron chi connectivity index (χ1n) is 8.53. The Morgan fingerprint density at radius 3 is 2.38 bits per heavy atom. The summed E-state index contributed by atoms with van der Waals surface area (Å²) in [5, 5.41) is 8.38. The van der Waals surface area contributed by atoms with E-state index in [1.807, 2.05) is 17.9 Å². The Bertz CT molecular complexity index is 555. The van der Waals surface area contributed by atoms with Gasteiger partial charge in [0.25, 0.3) is 0 Å². The van der Waals surface area contributed by atoms with Gasteiger partial charge in [-0.2, -0.15) is 5.10 Å². The number of hydrogen-bond donors (Lipinski definition) is 1. The van der Waals surface area contributed by atoms with Gasteiger partial charge in [-0.1, -0.05) is 13.8 Å². The molecule has 2 unspecified atom stereocenters. The van der Waals surface area contributed by atoms with Crippen molar-refractivity contribution in [3.05, 3.63) is 17.5 Å². The average Bonchev–Trinajstić information content (AvgIpc) is 2.63. The molecule has 0 amide bonds. The summed E-state index contributed by atoms with van der Waals surface area (Å²) in [5.41, 5.74) is 4.23. The predicted molar refractivity (Wildman–Crippen MR) is 84.9 cm³/mol. The van der Waals surface area contributed by atoms with E-state index in [0.717, 1.165) is 12.5 Å². The first-order valence-corrected chi connectivity index (χ1v) is 8.53. The molecular formula is C18H29N3. The molecule has 3 heteroatoms. The van der Waals surface area contributed by atoms with Gasteiger partial charge in [-0.15, -0.1) is 0 Å². The van der Waals surface area contributed by atoms with Gasteiger partial charge in [-0.25, -0.2) is 0 Å². The molecule has 0 saturated heterocycles. The second-order valence-corrected chi connectivity index (χ2v) is 9.14. The second-order valence-electron chi connectivity index (χ2n) is 9.14. The maximum Gasteiger partial charge on any atom is 0.0537 e. The van der Waals surface area contributed by atoms with Crippen LogP contribution < -0.4 is 5.32 Å². The number of aryl methyl sites for hydroxylation is 1. The van der Waals surface area contributed by atoms with Crippen LogP contribution in [0.1, 0.15) is 63.6 Å². The number of aromatic nitrogens is 2. The largest absolute Gasteiger partial charge is 0.307 e. The Labute approximate surface area is 128 Å². The molecule has 1 N–H and O–H groups in total. The molecule has 1 heterocycles. The fraction of sp³-hybridized carbons (Fsp3) is 0.833. The minimum Gasteiger partial charge on any atom is -0.307 e. The molecule has 4 bridgehead atoms. The van der Waals surface area contributed by atoms with E-state index in [-0.39, 0.29) is 0 Å². The van der Waals surface area contributed by atoms with Crippen LogP contribution in [-0.2, 0) is 13.6 Å². The number of hydrogen-bond acceptors (Lipinski definition) is 2. The van der Waals surface area contributed by atoms with Gasteiger partial charge < -0.3 is 5.32 Å². The van der Waals surface area contributed by atoms with Crippen molar-refractivity contribution in [2.24, 2.45) is 23.8 Å². The molecule has 4 aliphatic rings. The van der Waals surface area contributed by atoms with Gasteiger partial charge in [0.15, 0.2) is 0 Å². The van der Waals surface area contributed by atoms with E-state index in [4.69, 9.17) is 0 Å². The SMILES string of the molecule is Cc1c(CNC23CC4CC(C)(CC(C)(C4)C2)C3)cnn1C. The number of rotatable bonds is 3. The standard InChI is InChI=1S/C18H29N3/c1-13-15(9-20-21(13)4)8-19-18-7-14-5-16(2,11-18)10-17(3,6-14)12-18/h9,14,19H,5-8,10-12H2,1-4H3. The lowest BCUT2D eigenvalue weighted by Crippen LogP contribution is -2.63. The van der Waals surface area contributed by atoms with Crippen LogP contribution in [0.15, 0.2) is 6.20 Å². The summed E-state index contributed by atoms with van der Waals surface area (Å²) >= 11 is 0. The summed E-state index contributed by atoms with van der Waals surface area (Å²) in [5.74, 6) is 0.957. The van der Waals surface area contributed by atoms with Crippen molar-refractivity contribution in [2.75, 3.05) is 0 Å². The van der Waals surface area contributed by atoms with Crippen molar-refractivity contribution in [2.45, 2.75) is 71.4 Å². The van der Waals surface area contributed by atoms with Crippen LogP contribution in [-0.4, -0.2) is 15.3 Å². The fourth-order valence-electron chi connectivity index (χ4n) is 6.65. The van der Waals surface area contributed by atoms with Crippen molar-refractivity contribution < 1.29 is 0 Å². The highest BCUT2D eigenvalue weighted by molar-refractivity contribution is 5.18. The van der Waals surface area contributed by atoms with Crippen molar-refractivity contribution in [1.82, 2.24) is 15.1 Å². The van der Waals surface area contributed by atoms with Crippen LogP contribution in [0.2, 0.25) is 0 Å². The Hall–Kier alpha value is -0.830. The van der Waals surface area contributed by atoms with Crippen LogP contribution in [0, 0.1) is 23.7 Å². The lowest BCUT2D eigenvalue weighted by atomic mass is 9.43. The molecule has 21 heavy (non-hydrogen) atoms. The smallest absolute Gasteiger partial charge is 0.0537 e. The van der Waals surface area contributed by atoms with E-state index < -0.39 is 0 Å². The topological polar surface area (TPSA) is 29.9 Å². The van der Waals surface area contributed by atoms with Crippen molar-refractivity contribution in [1.29, 1.82) is 0 Å². The van der Waals surface area contributed by atoms with Crippen molar-refractivity contribution >= 4 is 0 Å². The zero-order chi connectivity index (χ0) is 14.9. The highest BCUT2D eigenvalue weighted by Gasteiger charge is 2.59. The monoisotopic (exact) mass is 287 g/mol. The van der Waals surface area contributed by atoms with Gasteiger partial charge in [-0.3, -0.25) is 4.68 Å². The summed E-state index contributed by atoms with van der Waals surface area (Å²) in [6, 6.07) is 0. The third kappa shape index (κ3) is 2.16. The van der Waals surface area contributed by atoms with Gasteiger partial charge in [0, 0.05) is 30.4 Å². The van der Waals surface area contributed by atoms with Crippen LogP contribution in [0.4, 0.5) is 0 Å². The highest BCUT2D eigenvalue weighted by atomic mass is 15.3. The molecule has 4 fully saturated rings. The van der Waals surface area contributed by atoms with Gasteiger partial charge in [0.2, 0.25) is 0 Å². The van der Waals surface area contributed by atoms with E-state index in [9.17, 15) is 0 Å². The quantitative estimate of drug-likeness (QED) is 0.921. The first kappa shape index (κ1) is 13.8. The van der Waals surface area contributed by atoms with Crippen LogP contribution >= 0.6 is 0 Å². The fourth-order valence-corrected chi connectivity index (χ4v) is 6.65. The first-order chi connectivity index (χ1) is 9.81. The van der Waals surface area contributed by atoms with E-state index >= 15 is 0 Å². The Morgan fingerprint density at radius 1 is 1.19 bits per heavy atom. The molecule has 4 saturated carbocycles. The molecule has 1 aromatic rings. The number of nitrogens with one attached hydrogen (secondary N) is 1. The number of nitrogens with zero attached hydrogens (tertiary/aromatic N) is 2. The molecule has 0 radical (unpaired) electrons.